The second-order valence-electron chi connectivity index (χ2n) is 3.08. The van der Waals surface area contributed by atoms with Gasteiger partial charge in [-0.3, -0.25) is 0 Å². The standard InChI is InChI=1S/C10H8BrFN2O2/c1-6-13-14-10(16-6)5-15-7-2-3-8(11)9(12)4-7/h2-4H,5H2,1H3. The third kappa shape index (κ3) is 2.57. The van der Waals surface area contributed by atoms with Crippen LogP contribution in [0.15, 0.2) is 27.1 Å². The van der Waals surface area contributed by atoms with Crippen LogP contribution in [0.4, 0.5) is 4.39 Å². The summed E-state index contributed by atoms with van der Waals surface area (Å²) < 4.78 is 23.9. The van der Waals surface area contributed by atoms with E-state index in [1.807, 2.05) is 0 Å². The zero-order valence-corrected chi connectivity index (χ0v) is 9.99. The highest BCUT2D eigenvalue weighted by atomic mass is 79.9. The van der Waals surface area contributed by atoms with E-state index in [4.69, 9.17) is 9.15 Å². The predicted molar refractivity (Wildman–Crippen MR) is 57.5 cm³/mol. The zero-order valence-electron chi connectivity index (χ0n) is 8.41. The molecule has 2 rings (SSSR count). The molecule has 0 aliphatic carbocycles. The van der Waals surface area contributed by atoms with Crippen molar-refractivity contribution < 1.29 is 13.5 Å². The van der Waals surface area contributed by atoms with Gasteiger partial charge in [-0.2, -0.15) is 0 Å². The van der Waals surface area contributed by atoms with Crippen LogP contribution in [0.25, 0.3) is 0 Å². The summed E-state index contributed by atoms with van der Waals surface area (Å²) in [5.41, 5.74) is 0. The van der Waals surface area contributed by atoms with Crippen molar-refractivity contribution in [1.29, 1.82) is 0 Å². The molecular formula is C10H8BrFN2O2. The summed E-state index contributed by atoms with van der Waals surface area (Å²) in [4.78, 5) is 0. The van der Waals surface area contributed by atoms with Gasteiger partial charge in [0.2, 0.25) is 5.89 Å². The smallest absolute Gasteiger partial charge is 0.253 e. The number of hydrogen-bond acceptors (Lipinski definition) is 4. The van der Waals surface area contributed by atoms with E-state index in [0.717, 1.165) is 0 Å². The van der Waals surface area contributed by atoms with Gasteiger partial charge in [-0.15, -0.1) is 10.2 Å². The Hall–Kier alpha value is -1.43. The highest BCUT2D eigenvalue weighted by molar-refractivity contribution is 9.10. The van der Waals surface area contributed by atoms with Crippen molar-refractivity contribution in [2.45, 2.75) is 13.5 Å². The average Bonchev–Trinajstić information content (AvgIpc) is 2.66. The number of aryl methyl sites for hydroxylation is 1. The van der Waals surface area contributed by atoms with E-state index in [9.17, 15) is 4.39 Å². The van der Waals surface area contributed by atoms with Crippen LogP contribution in [0.1, 0.15) is 11.8 Å². The fraction of sp³-hybridized carbons (Fsp3) is 0.200. The van der Waals surface area contributed by atoms with Crippen molar-refractivity contribution >= 4 is 15.9 Å². The van der Waals surface area contributed by atoms with E-state index in [2.05, 4.69) is 26.1 Å². The van der Waals surface area contributed by atoms with Crippen molar-refractivity contribution in [3.05, 3.63) is 40.3 Å². The molecule has 1 aromatic heterocycles. The van der Waals surface area contributed by atoms with Crippen LogP contribution >= 0.6 is 15.9 Å². The summed E-state index contributed by atoms with van der Waals surface area (Å²) in [5, 5.41) is 7.41. The molecule has 0 aliphatic heterocycles. The molecule has 0 spiro atoms. The summed E-state index contributed by atoms with van der Waals surface area (Å²) in [5.74, 6) is 0.872. The van der Waals surface area contributed by atoms with E-state index in [0.29, 0.717) is 22.0 Å². The molecule has 0 radical (unpaired) electrons. The molecule has 0 unspecified atom stereocenters. The van der Waals surface area contributed by atoms with E-state index in [-0.39, 0.29) is 12.4 Å². The maximum absolute atomic E-state index is 13.1. The monoisotopic (exact) mass is 286 g/mol. The second kappa shape index (κ2) is 4.61. The second-order valence-corrected chi connectivity index (χ2v) is 3.93. The molecule has 0 amide bonds. The first-order valence-electron chi connectivity index (χ1n) is 4.52. The quantitative estimate of drug-likeness (QED) is 0.871. The highest BCUT2D eigenvalue weighted by Gasteiger charge is 2.05. The molecule has 84 valence electrons. The number of hydrogen-bond donors (Lipinski definition) is 0. The fourth-order valence-electron chi connectivity index (χ4n) is 1.11. The highest BCUT2D eigenvalue weighted by Crippen LogP contribution is 2.21. The number of ether oxygens (including phenoxy) is 1. The van der Waals surface area contributed by atoms with E-state index in [1.165, 1.54) is 6.07 Å². The topological polar surface area (TPSA) is 48.2 Å². The number of rotatable bonds is 3. The van der Waals surface area contributed by atoms with Crippen LogP contribution in [-0.4, -0.2) is 10.2 Å². The first-order valence-corrected chi connectivity index (χ1v) is 5.31. The molecule has 0 N–H and O–H groups in total. The molecule has 0 atom stereocenters. The van der Waals surface area contributed by atoms with Gasteiger partial charge >= 0.3 is 0 Å². The Morgan fingerprint density at radius 2 is 2.25 bits per heavy atom. The zero-order chi connectivity index (χ0) is 11.5. The number of aromatic nitrogens is 2. The Kier molecular flexibility index (Phi) is 3.19. The normalized spacial score (nSPS) is 10.4. The molecule has 0 saturated carbocycles. The fourth-order valence-corrected chi connectivity index (χ4v) is 1.35. The van der Waals surface area contributed by atoms with Gasteiger partial charge in [-0.1, -0.05) is 0 Å². The van der Waals surface area contributed by atoms with Crippen LogP contribution in [0.3, 0.4) is 0 Å². The number of benzene rings is 1. The molecule has 1 heterocycles. The van der Waals surface area contributed by atoms with Gasteiger partial charge in [0.15, 0.2) is 6.61 Å². The van der Waals surface area contributed by atoms with E-state index >= 15 is 0 Å². The van der Waals surface area contributed by atoms with Crippen LogP contribution < -0.4 is 4.74 Å². The van der Waals surface area contributed by atoms with Gasteiger partial charge in [-0.05, 0) is 28.1 Å². The minimum absolute atomic E-state index is 0.127. The molecule has 16 heavy (non-hydrogen) atoms. The molecule has 1 aromatic carbocycles. The van der Waals surface area contributed by atoms with Crippen LogP contribution in [0.5, 0.6) is 5.75 Å². The van der Waals surface area contributed by atoms with Crippen molar-refractivity contribution in [2.75, 3.05) is 0 Å². The lowest BCUT2D eigenvalue weighted by Gasteiger charge is -2.03. The SMILES string of the molecule is Cc1nnc(COc2ccc(Br)c(F)c2)o1. The Morgan fingerprint density at radius 1 is 1.44 bits per heavy atom. The lowest BCUT2D eigenvalue weighted by atomic mass is 10.3. The number of halogens is 2. The molecule has 0 bridgehead atoms. The molecular weight excluding hydrogens is 279 g/mol. The van der Waals surface area contributed by atoms with Gasteiger partial charge < -0.3 is 9.15 Å². The minimum atomic E-state index is -0.376. The van der Waals surface area contributed by atoms with E-state index in [1.54, 1.807) is 19.1 Å². The summed E-state index contributed by atoms with van der Waals surface area (Å²) in [6.07, 6.45) is 0. The molecule has 0 saturated heterocycles. The van der Waals surface area contributed by atoms with Gasteiger partial charge in [-0.25, -0.2) is 4.39 Å². The van der Waals surface area contributed by atoms with Crippen molar-refractivity contribution in [2.24, 2.45) is 0 Å². The molecule has 4 nitrogen and oxygen atoms in total. The first-order chi connectivity index (χ1) is 7.65. The Labute approximate surface area is 99.6 Å². The lowest BCUT2D eigenvalue weighted by molar-refractivity contribution is 0.259. The van der Waals surface area contributed by atoms with Crippen LogP contribution in [0.2, 0.25) is 0 Å². The third-order valence-electron chi connectivity index (χ3n) is 1.82. The molecule has 0 aliphatic rings. The Morgan fingerprint density at radius 3 is 2.88 bits per heavy atom. The molecule has 0 fully saturated rings. The largest absolute Gasteiger partial charge is 0.484 e. The Bertz CT molecular complexity index is 501. The maximum atomic E-state index is 13.1. The van der Waals surface area contributed by atoms with Crippen LogP contribution in [0, 0.1) is 12.7 Å². The molecule has 2 aromatic rings. The lowest BCUT2D eigenvalue weighted by Crippen LogP contribution is -1.96. The van der Waals surface area contributed by atoms with E-state index < -0.39 is 0 Å². The summed E-state index contributed by atoms with van der Waals surface area (Å²) in [7, 11) is 0. The van der Waals surface area contributed by atoms with Gasteiger partial charge in [0, 0.05) is 13.0 Å². The van der Waals surface area contributed by atoms with Crippen molar-refractivity contribution in [3.8, 4) is 5.75 Å². The Balaban J connectivity index is 2.02. The number of nitrogens with zero attached hydrogens (tertiary/aromatic N) is 2. The molecule has 6 heteroatoms. The van der Waals surface area contributed by atoms with Crippen molar-refractivity contribution in [3.63, 3.8) is 0 Å². The van der Waals surface area contributed by atoms with Gasteiger partial charge in [0.05, 0.1) is 4.47 Å². The third-order valence-corrected chi connectivity index (χ3v) is 2.46. The van der Waals surface area contributed by atoms with Crippen molar-refractivity contribution in [1.82, 2.24) is 10.2 Å². The first kappa shape index (κ1) is 11.1. The summed E-state index contributed by atoms with van der Waals surface area (Å²) in [6, 6.07) is 4.51. The summed E-state index contributed by atoms with van der Waals surface area (Å²) in [6.45, 7) is 1.82. The predicted octanol–water partition coefficient (Wildman–Crippen LogP) is 2.86. The maximum Gasteiger partial charge on any atom is 0.253 e. The average molecular weight is 287 g/mol. The van der Waals surface area contributed by atoms with Crippen LogP contribution in [-0.2, 0) is 6.61 Å². The van der Waals surface area contributed by atoms with Gasteiger partial charge in [0.25, 0.3) is 5.89 Å². The minimum Gasteiger partial charge on any atom is -0.484 e. The summed E-state index contributed by atoms with van der Waals surface area (Å²) >= 11 is 3.06. The van der Waals surface area contributed by atoms with Gasteiger partial charge in [0.1, 0.15) is 11.6 Å².